The molecule has 0 bridgehead atoms. The molecule has 0 aromatic rings. The minimum Gasteiger partial charge on any atom is -0.326 e. The highest BCUT2D eigenvalue weighted by Crippen LogP contribution is 2.14. The van der Waals surface area contributed by atoms with E-state index in [2.05, 4.69) is 6.58 Å². The maximum Gasteiger partial charge on any atom is 0.0379 e. The Kier molecular flexibility index (Phi) is 6.31. The van der Waals surface area contributed by atoms with Gasteiger partial charge in [0, 0.05) is 23.0 Å². The van der Waals surface area contributed by atoms with E-state index in [0.29, 0.717) is 16.9 Å². The molecule has 0 aliphatic rings. The van der Waals surface area contributed by atoms with E-state index in [4.69, 9.17) is 10.3 Å². The molecule has 3 N–H and O–H groups in total. The first-order valence-corrected chi connectivity index (χ1v) is 5.13. The average molecular weight is 179 g/mol. The molecule has 0 saturated carbocycles. The second-order valence-electron chi connectivity index (χ2n) is 1.95. The highest BCUT2D eigenvalue weighted by molar-refractivity contribution is 7.98. The Morgan fingerprint density at radius 2 is 2.40 bits per heavy atom. The molecule has 0 rings (SSSR count). The summed E-state index contributed by atoms with van der Waals surface area (Å²) in [5.74, 6) is 1.01. The van der Waals surface area contributed by atoms with E-state index in [9.17, 15) is 0 Å². The topological polar surface area (TPSA) is 46.2 Å². The number of thioether (sulfide) groups is 1. The van der Waals surface area contributed by atoms with Gasteiger partial charge in [0.1, 0.15) is 0 Å². The van der Waals surface area contributed by atoms with Crippen LogP contribution in [0.4, 0.5) is 0 Å². The summed E-state index contributed by atoms with van der Waals surface area (Å²) in [5.41, 5.74) is 5.62. The van der Waals surface area contributed by atoms with Gasteiger partial charge in [-0.25, -0.2) is 0 Å². The van der Waals surface area contributed by atoms with E-state index in [1.165, 1.54) is 0 Å². The number of rotatable bonds is 5. The van der Waals surface area contributed by atoms with Crippen LogP contribution in [0, 0.1) is 0 Å². The standard InChI is InChI=1S/C6H13NOS2/c1-5(10-8)6(7)3-4-9-2/h6,8H,1,3-4,7H2,2H3/t6-/m0/s1. The zero-order valence-electron chi connectivity index (χ0n) is 6.04. The Labute approximate surface area is 70.5 Å². The third kappa shape index (κ3) is 4.22. The van der Waals surface area contributed by atoms with Crippen molar-refractivity contribution >= 4 is 23.8 Å². The summed E-state index contributed by atoms with van der Waals surface area (Å²) in [6, 6.07) is -0.0672. The van der Waals surface area contributed by atoms with E-state index in [1.54, 1.807) is 11.8 Å². The van der Waals surface area contributed by atoms with Crippen molar-refractivity contribution in [3.63, 3.8) is 0 Å². The maximum absolute atomic E-state index is 8.53. The largest absolute Gasteiger partial charge is 0.326 e. The van der Waals surface area contributed by atoms with Gasteiger partial charge in [-0.1, -0.05) is 6.58 Å². The van der Waals surface area contributed by atoms with Gasteiger partial charge in [-0.05, 0) is 18.4 Å². The van der Waals surface area contributed by atoms with Crippen molar-refractivity contribution in [3.05, 3.63) is 11.5 Å². The van der Waals surface area contributed by atoms with Gasteiger partial charge in [-0.2, -0.15) is 11.8 Å². The third-order valence-electron chi connectivity index (χ3n) is 1.16. The molecular weight excluding hydrogens is 166 g/mol. The van der Waals surface area contributed by atoms with Crippen LogP contribution in [-0.2, 0) is 0 Å². The smallest absolute Gasteiger partial charge is 0.0379 e. The molecule has 0 amide bonds. The molecule has 60 valence electrons. The van der Waals surface area contributed by atoms with Gasteiger partial charge in [0.05, 0.1) is 0 Å². The van der Waals surface area contributed by atoms with Crippen molar-refractivity contribution < 1.29 is 4.55 Å². The van der Waals surface area contributed by atoms with E-state index < -0.39 is 0 Å². The van der Waals surface area contributed by atoms with Crippen LogP contribution in [-0.4, -0.2) is 22.6 Å². The predicted octanol–water partition coefficient (Wildman–Crippen LogP) is 1.79. The van der Waals surface area contributed by atoms with Crippen LogP contribution >= 0.6 is 23.8 Å². The van der Waals surface area contributed by atoms with E-state index in [1.807, 2.05) is 6.26 Å². The van der Waals surface area contributed by atoms with E-state index in [0.717, 1.165) is 12.2 Å². The molecule has 0 aliphatic carbocycles. The second kappa shape index (κ2) is 6.09. The van der Waals surface area contributed by atoms with Crippen LogP contribution in [0.1, 0.15) is 6.42 Å². The van der Waals surface area contributed by atoms with Crippen molar-refractivity contribution in [2.45, 2.75) is 12.5 Å². The quantitative estimate of drug-likeness (QED) is 0.632. The molecular formula is C6H13NOS2. The van der Waals surface area contributed by atoms with Crippen LogP contribution < -0.4 is 5.73 Å². The number of hydrogen-bond acceptors (Lipinski definition) is 4. The lowest BCUT2D eigenvalue weighted by atomic mass is 10.2. The first kappa shape index (κ1) is 10.4. The normalized spacial score (nSPS) is 13.1. The van der Waals surface area contributed by atoms with Crippen LogP contribution in [0.15, 0.2) is 11.5 Å². The van der Waals surface area contributed by atoms with E-state index >= 15 is 0 Å². The molecule has 0 spiro atoms. The Morgan fingerprint density at radius 1 is 1.80 bits per heavy atom. The molecule has 0 heterocycles. The highest BCUT2D eigenvalue weighted by Gasteiger charge is 2.05. The summed E-state index contributed by atoms with van der Waals surface area (Å²) in [4.78, 5) is 0.647. The molecule has 0 fully saturated rings. The fraction of sp³-hybridized carbons (Fsp3) is 0.667. The minimum absolute atomic E-state index is 0.0672. The average Bonchev–Trinajstić information content (AvgIpc) is 1.98. The second-order valence-corrected chi connectivity index (χ2v) is 3.64. The molecule has 0 unspecified atom stereocenters. The van der Waals surface area contributed by atoms with Crippen molar-refractivity contribution in [1.29, 1.82) is 0 Å². The Balaban J connectivity index is 3.41. The summed E-state index contributed by atoms with van der Waals surface area (Å²) in [7, 11) is 0. The highest BCUT2D eigenvalue weighted by atomic mass is 32.2. The van der Waals surface area contributed by atoms with Crippen molar-refractivity contribution in [2.75, 3.05) is 12.0 Å². The van der Waals surface area contributed by atoms with E-state index in [-0.39, 0.29) is 6.04 Å². The summed E-state index contributed by atoms with van der Waals surface area (Å²) in [6.07, 6.45) is 2.91. The third-order valence-corrected chi connectivity index (χ3v) is 2.35. The van der Waals surface area contributed by atoms with Gasteiger partial charge in [0.15, 0.2) is 0 Å². The fourth-order valence-electron chi connectivity index (χ4n) is 0.474. The lowest BCUT2D eigenvalue weighted by molar-refractivity contribution is 0.661. The maximum atomic E-state index is 8.53. The monoisotopic (exact) mass is 179 g/mol. The Morgan fingerprint density at radius 3 is 2.80 bits per heavy atom. The molecule has 4 heteroatoms. The lowest BCUT2D eigenvalue weighted by Gasteiger charge is -2.09. The van der Waals surface area contributed by atoms with Gasteiger partial charge < -0.3 is 10.3 Å². The van der Waals surface area contributed by atoms with Crippen LogP contribution in [0.5, 0.6) is 0 Å². The van der Waals surface area contributed by atoms with Gasteiger partial charge >= 0.3 is 0 Å². The molecule has 0 aromatic carbocycles. The van der Waals surface area contributed by atoms with Crippen molar-refractivity contribution in [3.8, 4) is 0 Å². The summed E-state index contributed by atoms with van der Waals surface area (Å²) >= 11 is 2.40. The lowest BCUT2D eigenvalue weighted by Crippen LogP contribution is -2.21. The van der Waals surface area contributed by atoms with Gasteiger partial charge in [0.25, 0.3) is 0 Å². The molecule has 0 radical (unpaired) electrons. The first-order chi connectivity index (χ1) is 4.72. The molecule has 10 heavy (non-hydrogen) atoms. The van der Waals surface area contributed by atoms with Crippen molar-refractivity contribution in [2.24, 2.45) is 5.73 Å². The van der Waals surface area contributed by atoms with Crippen LogP contribution in [0.25, 0.3) is 0 Å². The zero-order valence-corrected chi connectivity index (χ0v) is 7.67. The van der Waals surface area contributed by atoms with Gasteiger partial charge in [-0.15, -0.1) is 0 Å². The first-order valence-electron chi connectivity index (χ1n) is 2.97. The Bertz CT molecular complexity index is 108. The minimum atomic E-state index is -0.0672. The predicted molar refractivity (Wildman–Crippen MR) is 50.3 cm³/mol. The Hall–Kier alpha value is 0.360. The van der Waals surface area contributed by atoms with Crippen LogP contribution in [0.3, 0.4) is 0 Å². The molecule has 2 nitrogen and oxygen atoms in total. The molecule has 1 atom stereocenters. The van der Waals surface area contributed by atoms with Crippen molar-refractivity contribution in [1.82, 2.24) is 0 Å². The zero-order chi connectivity index (χ0) is 7.98. The summed E-state index contributed by atoms with van der Waals surface area (Å²) in [5, 5.41) is 0. The number of nitrogens with two attached hydrogens (primary N) is 1. The summed E-state index contributed by atoms with van der Waals surface area (Å²) in [6.45, 7) is 3.60. The van der Waals surface area contributed by atoms with Gasteiger partial charge in [0.2, 0.25) is 0 Å². The molecule has 0 aliphatic heterocycles. The summed E-state index contributed by atoms with van der Waals surface area (Å²) < 4.78 is 8.53. The fourth-order valence-corrected chi connectivity index (χ4v) is 1.22. The number of hydrogen-bond donors (Lipinski definition) is 2. The molecule has 0 aromatic heterocycles. The SMILES string of the molecule is C=C(SO)[C@@H](N)CCSC. The molecule has 0 saturated heterocycles. The van der Waals surface area contributed by atoms with Crippen LogP contribution in [0.2, 0.25) is 0 Å². The van der Waals surface area contributed by atoms with Gasteiger partial charge in [-0.3, -0.25) is 0 Å².